The van der Waals surface area contributed by atoms with Gasteiger partial charge in [0.15, 0.2) is 0 Å². The molecule has 2 aromatic rings. The summed E-state index contributed by atoms with van der Waals surface area (Å²) in [6.07, 6.45) is 6.23. The minimum absolute atomic E-state index is 0.463. The Hall–Kier alpha value is -1.62. The van der Waals surface area contributed by atoms with Crippen LogP contribution in [-0.4, -0.2) is 15.9 Å². The van der Waals surface area contributed by atoms with Crippen molar-refractivity contribution in [1.82, 2.24) is 9.36 Å². The van der Waals surface area contributed by atoms with E-state index in [2.05, 4.69) is 28.5 Å². The summed E-state index contributed by atoms with van der Waals surface area (Å²) in [4.78, 5) is 4.17. The van der Waals surface area contributed by atoms with E-state index >= 15 is 0 Å². The molecule has 3 rings (SSSR count). The summed E-state index contributed by atoms with van der Waals surface area (Å²) < 4.78 is 4.29. The van der Waals surface area contributed by atoms with E-state index in [1.807, 2.05) is 18.3 Å². The number of nitrogens with zero attached hydrogens (tertiary/aromatic N) is 2. The van der Waals surface area contributed by atoms with Crippen molar-refractivity contribution in [3.05, 3.63) is 24.5 Å². The molecule has 20 heavy (non-hydrogen) atoms. The molecule has 5 heteroatoms. The fourth-order valence-electron chi connectivity index (χ4n) is 2.59. The van der Waals surface area contributed by atoms with Crippen LogP contribution >= 0.6 is 11.5 Å². The molecule has 0 radical (unpaired) electrons. The van der Waals surface area contributed by atoms with Gasteiger partial charge in [-0.25, -0.2) is 0 Å². The van der Waals surface area contributed by atoms with Crippen LogP contribution < -0.4 is 11.1 Å². The SMILES string of the molecule is CC(C)C1(CNc2snc(N)c2-c2cccnc2)CC1. The Labute approximate surface area is 123 Å². The van der Waals surface area contributed by atoms with Gasteiger partial charge >= 0.3 is 0 Å². The minimum Gasteiger partial charge on any atom is -0.382 e. The molecule has 106 valence electrons. The summed E-state index contributed by atoms with van der Waals surface area (Å²) in [7, 11) is 0. The molecule has 3 N–H and O–H groups in total. The highest BCUT2D eigenvalue weighted by atomic mass is 32.1. The predicted octanol–water partition coefficient (Wildman–Crippen LogP) is 3.64. The number of anilines is 2. The largest absolute Gasteiger partial charge is 0.382 e. The predicted molar refractivity (Wildman–Crippen MR) is 84.8 cm³/mol. The Kier molecular flexibility index (Phi) is 3.38. The molecule has 1 saturated carbocycles. The van der Waals surface area contributed by atoms with Crippen molar-refractivity contribution in [1.29, 1.82) is 0 Å². The molecule has 0 unspecified atom stereocenters. The number of hydrogen-bond donors (Lipinski definition) is 2. The summed E-state index contributed by atoms with van der Waals surface area (Å²) in [5, 5.41) is 4.62. The van der Waals surface area contributed by atoms with Crippen molar-refractivity contribution in [2.75, 3.05) is 17.6 Å². The third-order valence-corrected chi connectivity index (χ3v) is 5.21. The van der Waals surface area contributed by atoms with Crippen LogP contribution in [0.15, 0.2) is 24.5 Å². The van der Waals surface area contributed by atoms with Gasteiger partial charge in [-0.2, -0.15) is 4.37 Å². The lowest BCUT2D eigenvalue weighted by atomic mass is 9.92. The van der Waals surface area contributed by atoms with Crippen molar-refractivity contribution >= 4 is 22.4 Å². The first-order valence-corrected chi connectivity index (χ1v) is 7.79. The monoisotopic (exact) mass is 288 g/mol. The first-order chi connectivity index (χ1) is 9.62. The molecule has 0 aromatic carbocycles. The second-order valence-corrected chi connectivity index (χ2v) is 6.66. The number of nitrogens with two attached hydrogens (primary N) is 1. The lowest BCUT2D eigenvalue weighted by Crippen LogP contribution is -2.20. The molecular formula is C15H20N4S. The second kappa shape index (κ2) is 5.05. The normalized spacial score (nSPS) is 16.4. The Morgan fingerprint density at radius 2 is 2.25 bits per heavy atom. The highest BCUT2D eigenvalue weighted by molar-refractivity contribution is 7.11. The van der Waals surface area contributed by atoms with Crippen LogP contribution in [0.5, 0.6) is 0 Å². The van der Waals surface area contributed by atoms with E-state index in [0.29, 0.717) is 17.2 Å². The summed E-state index contributed by atoms with van der Waals surface area (Å²) in [5.41, 5.74) is 8.50. The smallest absolute Gasteiger partial charge is 0.147 e. The van der Waals surface area contributed by atoms with Gasteiger partial charge in [-0.15, -0.1) is 0 Å². The standard InChI is InChI=1S/C15H20N4S/c1-10(2)15(5-6-15)9-18-14-12(13(16)19-20-14)11-4-3-7-17-8-11/h3-4,7-8,10,18H,5-6,9H2,1-2H3,(H2,16,19). The summed E-state index contributed by atoms with van der Waals surface area (Å²) in [6.45, 7) is 5.61. The van der Waals surface area contributed by atoms with Gasteiger partial charge in [-0.3, -0.25) is 4.98 Å². The Balaban J connectivity index is 1.82. The van der Waals surface area contributed by atoms with E-state index in [-0.39, 0.29) is 0 Å². The summed E-state index contributed by atoms with van der Waals surface area (Å²) in [5.74, 6) is 1.29. The van der Waals surface area contributed by atoms with E-state index in [0.717, 1.165) is 22.7 Å². The minimum atomic E-state index is 0.463. The van der Waals surface area contributed by atoms with E-state index in [4.69, 9.17) is 5.73 Å². The van der Waals surface area contributed by atoms with Gasteiger partial charge in [0.05, 0.1) is 5.56 Å². The molecule has 0 bridgehead atoms. The zero-order valence-electron chi connectivity index (χ0n) is 11.9. The van der Waals surface area contributed by atoms with Gasteiger partial charge in [-0.1, -0.05) is 19.9 Å². The Morgan fingerprint density at radius 1 is 1.45 bits per heavy atom. The average Bonchev–Trinajstić information content (AvgIpc) is 3.16. The average molecular weight is 288 g/mol. The molecule has 1 aliphatic carbocycles. The van der Waals surface area contributed by atoms with Gasteiger partial charge in [-0.05, 0) is 41.8 Å². The zero-order chi connectivity index (χ0) is 14.2. The molecule has 0 saturated heterocycles. The number of rotatable bonds is 5. The maximum atomic E-state index is 6.02. The maximum absolute atomic E-state index is 6.02. The van der Waals surface area contributed by atoms with Crippen molar-refractivity contribution < 1.29 is 0 Å². The number of aromatic nitrogens is 2. The molecular weight excluding hydrogens is 268 g/mol. The fraction of sp³-hybridized carbons (Fsp3) is 0.467. The van der Waals surface area contributed by atoms with Crippen LogP contribution in [-0.2, 0) is 0 Å². The first kappa shape index (κ1) is 13.4. The molecule has 0 atom stereocenters. The van der Waals surface area contributed by atoms with Gasteiger partial charge in [0.2, 0.25) is 0 Å². The Morgan fingerprint density at radius 3 is 2.85 bits per heavy atom. The molecule has 2 heterocycles. The van der Waals surface area contributed by atoms with Gasteiger partial charge < -0.3 is 11.1 Å². The van der Waals surface area contributed by atoms with E-state index in [1.165, 1.54) is 24.4 Å². The third-order valence-electron chi connectivity index (χ3n) is 4.39. The van der Waals surface area contributed by atoms with Crippen molar-refractivity contribution in [2.24, 2.45) is 11.3 Å². The van der Waals surface area contributed by atoms with E-state index < -0.39 is 0 Å². The molecule has 4 nitrogen and oxygen atoms in total. The van der Waals surface area contributed by atoms with E-state index in [1.54, 1.807) is 6.20 Å². The molecule has 1 fully saturated rings. The van der Waals surface area contributed by atoms with Crippen LogP contribution in [0.25, 0.3) is 11.1 Å². The maximum Gasteiger partial charge on any atom is 0.147 e. The second-order valence-electron chi connectivity index (χ2n) is 5.88. The number of pyridine rings is 1. The number of nitrogens with one attached hydrogen (secondary N) is 1. The van der Waals surface area contributed by atoms with Crippen molar-refractivity contribution in [3.63, 3.8) is 0 Å². The van der Waals surface area contributed by atoms with Crippen LogP contribution in [0.2, 0.25) is 0 Å². The topological polar surface area (TPSA) is 63.8 Å². The van der Waals surface area contributed by atoms with Crippen LogP contribution in [0.1, 0.15) is 26.7 Å². The van der Waals surface area contributed by atoms with Gasteiger partial charge in [0.25, 0.3) is 0 Å². The van der Waals surface area contributed by atoms with Crippen molar-refractivity contribution in [3.8, 4) is 11.1 Å². The number of hydrogen-bond acceptors (Lipinski definition) is 5. The van der Waals surface area contributed by atoms with E-state index in [9.17, 15) is 0 Å². The lowest BCUT2D eigenvalue weighted by molar-refractivity contribution is 0.380. The highest BCUT2D eigenvalue weighted by Gasteiger charge is 2.45. The zero-order valence-corrected chi connectivity index (χ0v) is 12.7. The third kappa shape index (κ3) is 2.38. The molecule has 0 aliphatic heterocycles. The first-order valence-electron chi connectivity index (χ1n) is 7.02. The number of nitrogen functional groups attached to an aromatic ring is 1. The Bertz CT molecular complexity index is 587. The molecule has 1 aliphatic rings. The molecule has 0 amide bonds. The summed E-state index contributed by atoms with van der Waals surface area (Å²) >= 11 is 1.44. The molecule has 0 spiro atoms. The quantitative estimate of drug-likeness (QED) is 0.881. The van der Waals surface area contributed by atoms with Crippen LogP contribution in [0.4, 0.5) is 10.8 Å². The molecule has 2 aromatic heterocycles. The fourth-order valence-corrected chi connectivity index (χ4v) is 3.32. The highest BCUT2D eigenvalue weighted by Crippen LogP contribution is 2.52. The van der Waals surface area contributed by atoms with Gasteiger partial charge in [0, 0.05) is 24.5 Å². The van der Waals surface area contributed by atoms with Crippen LogP contribution in [0.3, 0.4) is 0 Å². The van der Waals surface area contributed by atoms with Gasteiger partial charge in [0.1, 0.15) is 10.8 Å². The van der Waals surface area contributed by atoms with Crippen molar-refractivity contribution in [2.45, 2.75) is 26.7 Å². The van der Waals surface area contributed by atoms with Crippen LogP contribution in [0, 0.1) is 11.3 Å². The lowest BCUT2D eigenvalue weighted by Gasteiger charge is -2.20. The summed E-state index contributed by atoms with van der Waals surface area (Å²) in [6, 6.07) is 3.94.